The normalized spacial score (nSPS) is 15.5. The fourth-order valence-electron chi connectivity index (χ4n) is 5.68. The Balaban J connectivity index is 2.08. The molecule has 226 valence electrons. The number of esters is 1. The summed E-state index contributed by atoms with van der Waals surface area (Å²) in [4.78, 5) is 28.1. The maximum absolute atomic E-state index is 13.3. The van der Waals surface area contributed by atoms with Gasteiger partial charge in [-0.15, -0.1) is 0 Å². The predicted molar refractivity (Wildman–Crippen MR) is 165 cm³/mol. The van der Waals surface area contributed by atoms with Crippen LogP contribution in [0.5, 0.6) is 5.75 Å². The topological polar surface area (TPSA) is 67.9 Å². The monoisotopic (exact) mass is 556 g/mol. The lowest BCUT2D eigenvalue weighted by molar-refractivity contribution is -0.143. The average molecular weight is 557 g/mol. The van der Waals surface area contributed by atoms with Crippen LogP contribution < -0.4 is 10.1 Å². The number of hydrogen-bond donors (Lipinski definition) is 1. The molecule has 1 heterocycles. The van der Waals surface area contributed by atoms with Crippen LogP contribution in [0.15, 0.2) is 29.5 Å². The highest BCUT2D eigenvalue weighted by atomic mass is 16.5. The van der Waals surface area contributed by atoms with Crippen molar-refractivity contribution in [2.45, 2.75) is 144 Å². The molecule has 0 saturated heterocycles. The van der Waals surface area contributed by atoms with Crippen molar-refractivity contribution in [2.24, 2.45) is 0 Å². The van der Waals surface area contributed by atoms with E-state index >= 15 is 0 Å². The molecule has 0 spiro atoms. The van der Waals surface area contributed by atoms with Crippen molar-refractivity contribution >= 4 is 12.0 Å². The van der Waals surface area contributed by atoms with Gasteiger partial charge in [-0.25, -0.2) is 9.59 Å². The van der Waals surface area contributed by atoms with Crippen molar-refractivity contribution in [1.82, 2.24) is 10.2 Å². The molecule has 6 heteroatoms. The van der Waals surface area contributed by atoms with Gasteiger partial charge in [0, 0.05) is 17.8 Å². The number of rotatable bonds is 20. The Morgan fingerprint density at radius 3 is 2.00 bits per heavy atom. The number of urea groups is 1. The number of nitrogens with zero attached hydrogens (tertiary/aromatic N) is 1. The second-order valence-electron chi connectivity index (χ2n) is 11.4. The highest BCUT2D eigenvalue weighted by Gasteiger charge is 2.40. The fourth-order valence-corrected chi connectivity index (χ4v) is 5.68. The van der Waals surface area contributed by atoms with E-state index in [2.05, 4.69) is 18.3 Å². The zero-order valence-electron chi connectivity index (χ0n) is 26.3. The maximum atomic E-state index is 13.3. The summed E-state index contributed by atoms with van der Waals surface area (Å²) in [6.45, 7) is 12.6. The molecule has 0 fully saturated rings. The smallest absolute Gasteiger partial charge is 0.338 e. The van der Waals surface area contributed by atoms with Gasteiger partial charge in [-0.1, -0.05) is 96.1 Å². The number of allylic oxidation sites excluding steroid dienone is 1. The summed E-state index contributed by atoms with van der Waals surface area (Å²) >= 11 is 0. The minimum atomic E-state index is -0.551. The van der Waals surface area contributed by atoms with Crippen LogP contribution in [0.1, 0.15) is 142 Å². The minimum Gasteiger partial charge on any atom is -0.493 e. The largest absolute Gasteiger partial charge is 0.493 e. The third kappa shape index (κ3) is 10.5. The Hall–Kier alpha value is -2.50. The van der Waals surface area contributed by atoms with E-state index in [1.165, 1.54) is 77.0 Å². The molecule has 0 aromatic heterocycles. The Labute approximate surface area is 244 Å². The van der Waals surface area contributed by atoms with Gasteiger partial charge in [-0.2, -0.15) is 0 Å². The summed E-state index contributed by atoms with van der Waals surface area (Å²) in [6.07, 6.45) is 17.7. The van der Waals surface area contributed by atoms with Gasteiger partial charge in [0.15, 0.2) is 0 Å². The second kappa shape index (κ2) is 18.8. The zero-order chi connectivity index (χ0) is 29.3. The molecular weight excluding hydrogens is 500 g/mol. The first-order valence-corrected chi connectivity index (χ1v) is 16.1. The van der Waals surface area contributed by atoms with Crippen LogP contribution in [-0.4, -0.2) is 36.2 Å². The van der Waals surface area contributed by atoms with E-state index in [1.807, 2.05) is 39.8 Å². The first-order valence-electron chi connectivity index (χ1n) is 16.1. The Kier molecular flexibility index (Phi) is 15.8. The first-order chi connectivity index (χ1) is 19.3. The average Bonchev–Trinajstić information content (AvgIpc) is 2.91. The standard InChI is InChI=1S/C34H56N2O4/c1-7-10-11-12-13-14-15-16-17-18-19-20-21-23-28-24-22-25-29(39-9-3)31(28)32-30(33(37)40-26(4)5)27(6)35-34(38)36(32)8-2/h22,24-26,32H,7-21,23H2,1-6H3,(H,35,38). The van der Waals surface area contributed by atoms with Crippen molar-refractivity contribution in [3.63, 3.8) is 0 Å². The van der Waals surface area contributed by atoms with E-state index in [-0.39, 0.29) is 12.1 Å². The number of aryl methyl sites for hydroxylation is 1. The van der Waals surface area contributed by atoms with Gasteiger partial charge in [0.1, 0.15) is 5.75 Å². The number of hydrogen-bond acceptors (Lipinski definition) is 4. The maximum Gasteiger partial charge on any atom is 0.338 e. The van der Waals surface area contributed by atoms with E-state index in [0.29, 0.717) is 24.4 Å². The molecule has 1 atom stereocenters. The zero-order valence-corrected chi connectivity index (χ0v) is 26.3. The van der Waals surface area contributed by atoms with Crippen LogP contribution in [0.2, 0.25) is 0 Å². The quantitative estimate of drug-likeness (QED) is 0.128. The minimum absolute atomic E-state index is 0.204. The first kappa shape index (κ1) is 33.7. The number of nitrogens with one attached hydrogen (secondary N) is 1. The number of carbonyl (C=O) groups is 2. The van der Waals surface area contributed by atoms with Crippen LogP contribution in [0, 0.1) is 0 Å². The number of unbranched alkanes of at least 4 members (excludes halogenated alkanes) is 12. The predicted octanol–water partition coefficient (Wildman–Crippen LogP) is 9.03. The molecule has 1 unspecified atom stereocenters. The van der Waals surface area contributed by atoms with Crippen LogP contribution in [0.25, 0.3) is 0 Å². The summed E-state index contributed by atoms with van der Waals surface area (Å²) in [5.74, 6) is 0.338. The fraction of sp³-hybridized carbons (Fsp3) is 0.706. The molecule has 1 aliphatic rings. The highest BCUT2D eigenvalue weighted by Crippen LogP contribution is 2.41. The van der Waals surface area contributed by atoms with Crippen LogP contribution in [-0.2, 0) is 16.0 Å². The SMILES string of the molecule is CCCCCCCCCCCCCCCc1cccc(OCC)c1C1C(C(=O)OC(C)C)=C(C)NC(=O)N1CC. The van der Waals surface area contributed by atoms with Crippen molar-refractivity contribution in [1.29, 1.82) is 0 Å². The lowest BCUT2D eigenvalue weighted by atomic mass is 9.87. The highest BCUT2D eigenvalue weighted by molar-refractivity contribution is 5.95. The van der Waals surface area contributed by atoms with Gasteiger partial charge in [0.05, 0.1) is 24.3 Å². The van der Waals surface area contributed by atoms with Gasteiger partial charge in [-0.05, 0) is 59.1 Å². The van der Waals surface area contributed by atoms with Crippen molar-refractivity contribution < 1.29 is 19.1 Å². The molecular formula is C34H56N2O4. The molecule has 0 radical (unpaired) electrons. The molecule has 1 N–H and O–H groups in total. The lowest BCUT2D eigenvalue weighted by Gasteiger charge is -2.38. The molecule has 2 rings (SSSR count). The van der Waals surface area contributed by atoms with Gasteiger partial charge >= 0.3 is 12.0 Å². The van der Waals surface area contributed by atoms with Gasteiger partial charge in [-0.3, -0.25) is 0 Å². The number of likely N-dealkylation sites (N-methyl/N-ethyl adjacent to an activating group) is 1. The van der Waals surface area contributed by atoms with E-state index in [0.717, 1.165) is 29.7 Å². The van der Waals surface area contributed by atoms with Crippen LogP contribution in [0.4, 0.5) is 4.79 Å². The number of ether oxygens (including phenoxy) is 2. The van der Waals surface area contributed by atoms with Crippen LogP contribution in [0.3, 0.4) is 0 Å². The lowest BCUT2D eigenvalue weighted by Crippen LogP contribution is -2.48. The summed E-state index contributed by atoms with van der Waals surface area (Å²) < 4.78 is 11.7. The van der Waals surface area contributed by atoms with Gasteiger partial charge in [0.25, 0.3) is 0 Å². The Bertz CT molecular complexity index is 940. The molecule has 6 nitrogen and oxygen atoms in total. The number of carbonyl (C=O) groups excluding carboxylic acids is 2. The molecule has 1 aromatic rings. The van der Waals surface area contributed by atoms with Crippen molar-refractivity contribution in [3.8, 4) is 5.75 Å². The summed E-state index contributed by atoms with van der Waals surface area (Å²) in [7, 11) is 0. The van der Waals surface area contributed by atoms with E-state index in [4.69, 9.17) is 9.47 Å². The molecule has 1 aliphatic heterocycles. The molecule has 2 amide bonds. The van der Waals surface area contributed by atoms with Gasteiger partial charge < -0.3 is 19.7 Å². The second-order valence-corrected chi connectivity index (χ2v) is 11.4. The number of amides is 2. The van der Waals surface area contributed by atoms with E-state index in [9.17, 15) is 9.59 Å². The summed E-state index contributed by atoms with van der Waals surface area (Å²) in [5, 5.41) is 2.88. The number of benzene rings is 1. The molecule has 0 saturated carbocycles. The molecule has 1 aromatic carbocycles. The van der Waals surface area contributed by atoms with Crippen molar-refractivity contribution in [2.75, 3.05) is 13.2 Å². The van der Waals surface area contributed by atoms with E-state index < -0.39 is 12.0 Å². The van der Waals surface area contributed by atoms with E-state index in [1.54, 1.807) is 11.8 Å². The summed E-state index contributed by atoms with van der Waals surface area (Å²) in [6, 6.07) is 5.34. The third-order valence-corrected chi connectivity index (χ3v) is 7.73. The van der Waals surface area contributed by atoms with Crippen LogP contribution >= 0.6 is 0 Å². The van der Waals surface area contributed by atoms with Gasteiger partial charge in [0.2, 0.25) is 0 Å². The van der Waals surface area contributed by atoms with Crippen molar-refractivity contribution in [3.05, 3.63) is 40.6 Å². The third-order valence-electron chi connectivity index (χ3n) is 7.73. The molecule has 40 heavy (non-hydrogen) atoms. The molecule has 0 aliphatic carbocycles. The summed E-state index contributed by atoms with van der Waals surface area (Å²) in [5.41, 5.74) is 3.07. The molecule has 0 bridgehead atoms. The Morgan fingerprint density at radius 2 is 1.48 bits per heavy atom. The Morgan fingerprint density at radius 1 is 0.900 bits per heavy atom.